The molecule has 2 amide bonds. The van der Waals surface area contributed by atoms with E-state index in [-0.39, 0.29) is 10.9 Å². The molecule has 0 radical (unpaired) electrons. The number of nitrogens with zero attached hydrogens (tertiary/aromatic N) is 1. The molecule has 1 aliphatic rings. The molecule has 0 aliphatic carbocycles. The lowest BCUT2D eigenvalue weighted by Crippen LogP contribution is -2.43. The third-order valence-corrected chi connectivity index (χ3v) is 4.80. The van der Waals surface area contributed by atoms with Crippen LogP contribution in [-0.4, -0.2) is 33.6 Å². The molecule has 22 heavy (non-hydrogen) atoms. The summed E-state index contributed by atoms with van der Waals surface area (Å²) in [7, 11) is -3.92. The second kappa shape index (κ2) is 6.95. The monoisotopic (exact) mass is 327 g/mol. The minimum absolute atomic E-state index is 0.0933. The topological polar surface area (TPSA) is 92.7 Å². The van der Waals surface area contributed by atoms with Gasteiger partial charge in [-0.1, -0.05) is 0 Å². The Bertz CT molecular complexity index is 625. The molecule has 1 fully saturated rings. The fraction of sp³-hybridized carbons (Fsp3) is 0.571. The molecular weight excluding hydrogens is 304 g/mol. The number of urea groups is 1. The third kappa shape index (κ3) is 4.09. The smallest absolute Gasteiger partial charge is 0.328 e. The number of piperidine rings is 1. The molecule has 0 saturated carbocycles. The molecule has 0 unspecified atom stereocenters. The summed E-state index contributed by atoms with van der Waals surface area (Å²) in [6.07, 6.45) is 6.34. The maximum Gasteiger partial charge on any atom is 0.328 e. The van der Waals surface area contributed by atoms with Crippen LogP contribution >= 0.6 is 0 Å². The number of aromatic amines is 1. The molecule has 1 aliphatic heterocycles. The number of hydrogen-bond donors (Lipinski definition) is 2. The Balaban J connectivity index is 2.25. The standard InChI is InChI=1S/C14H22N4O3S/c1-11(2)16-14(19)17-22(20,21)13-10-15-7-6-12(13)18-8-4-3-5-9-18/h6-7,10-11H,3-5,8-9H2,1-2H3,(H2,16,17,19)/p+1. The van der Waals surface area contributed by atoms with E-state index in [1.54, 1.807) is 26.1 Å². The molecule has 0 spiro atoms. The molecule has 0 bridgehead atoms. The van der Waals surface area contributed by atoms with Crippen LogP contribution in [0.5, 0.6) is 0 Å². The third-order valence-electron chi connectivity index (χ3n) is 3.44. The lowest BCUT2D eigenvalue weighted by atomic mass is 10.1. The maximum absolute atomic E-state index is 12.5. The predicted molar refractivity (Wildman–Crippen MR) is 83.1 cm³/mol. The van der Waals surface area contributed by atoms with Crippen LogP contribution in [0.4, 0.5) is 10.5 Å². The number of nitrogens with one attached hydrogen (secondary N) is 3. The first-order valence-corrected chi connectivity index (χ1v) is 8.97. The van der Waals surface area contributed by atoms with Crippen molar-refractivity contribution in [1.82, 2.24) is 10.0 Å². The van der Waals surface area contributed by atoms with Gasteiger partial charge in [-0.25, -0.2) is 22.9 Å². The van der Waals surface area contributed by atoms with Crippen LogP contribution in [0, 0.1) is 0 Å². The number of H-pyrrole nitrogens is 1. The molecule has 3 N–H and O–H groups in total. The number of amides is 2. The van der Waals surface area contributed by atoms with Crippen molar-refractivity contribution in [3.63, 3.8) is 0 Å². The first-order chi connectivity index (χ1) is 10.4. The molecule has 0 aromatic carbocycles. The Morgan fingerprint density at radius 1 is 1.27 bits per heavy atom. The second-order valence-electron chi connectivity index (χ2n) is 5.68. The molecule has 0 atom stereocenters. The predicted octanol–water partition coefficient (Wildman–Crippen LogP) is 0.887. The highest BCUT2D eigenvalue weighted by Gasteiger charge is 2.27. The minimum atomic E-state index is -3.92. The van der Waals surface area contributed by atoms with E-state index >= 15 is 0 Å². The van der Waals surface area contributed by atoms with E-state index in [1.165, 1.54) is 6.20 Å². The number of pyridine rings is 1. The number of anilines is 1. The molecular formula is C14H23N4O3S+. The van der Waals surface area contributed by atoms with E-state index in [2.05, 4.69) is 15.0 Å². The highest BCUT2D eigenvalue weighted by molar-refractivity contribution is 7.90. The SMILES string of the molecule is CC(C)NC(=O)NS(=O)(=O)c1c[nH+]ccc1N1CCCCC1. The molecule has 122 valence electrons. The van der Waals surface area contributed by atoms with Gasteiger partial charge in [-0.3, -0.25) is 0 Å². The van der Waals surface area contributed by atoms with Crippen molar-refractivity contribution in [1.29, 1.82) is 0 Å². The summed E-state index contributed by atoms with van der Waals surface area (Å²) in [5.74, 6) is 0. The van der Waals surface area contributed by atoms with Crippen molar-refractivity contribution in [2.24, 2.45) is 0 Å². The van der Waals surface area contributed by atoms with Gasteiger partial charge in [0.1, 0.15) is 0 Å². The number of hydrogen-bond acceptors (Lipinski definition) is 4. The van der Waals surface area contributed by atoms with Crippen molar-refractivity contribution < 1.29 is 18.2 Å². The van der Waals surface area contributed by atoms with Gasteiger partial charge >= 0.3 is 6.03 Å². The van der Waals surface area contributed by atoms with Crippen molar-refractivity contribution in [3.8, 4) is 0 Å². The Kier molecular flexibility index (Phi) is 5.23. The molecule has 1 aromatic heterocycles. The van der Waals surface area contributed by atoms with Crippen LogP contribution in [0.2, 0.25) is 0 Å². The first-order valence-electron chi connectivity index (χ1n) is 7.48. The summed E-state index contributed by atoms with van der Waals surface area (Å²) < 4.78 is 27.0. The van der Waals surface area contributed by atoms with Crippen LogP contribution in [-0.2, 0) is 10.0 Å². The normalized spacial score (nSPS) is 15.7. The van der Waals surface area contributed by atoms with Gasteiger partial charge in [0.25, 0.3) is 10.0 Å². The molecule has 8 heteroatoms. The fourth-order valence-corrected chi connectivity index (χ4v) is 3.60. The average molecular weight is 327 g/mol. The highest BCUT2D eigenvalue weighted by atomic mass is 32.2. The largest absolute Gasteiger partial charge is 0.370 e. The Morgan fingerprint density at radius 3 is 2.59 bits per heavy atom. The van der Waals surface area contributed by atoms with Crippen LogP contribution in [0.3, 0.4) is 0 Å². The van der Waals surface area contributed by atoms with Crippen molar-refractivity contribution in [3.05, 3.63) is 18.5 Å². The Morgan fingerprint density at radius 2 is 1.95 bits per heavy atom. The Labute approximate surface area is 131 Å². The number of carbonyl (C=O) groups excluding carboxylic acids is 1. The average Bonchev–Trinajstić information content (AvgIpc) is 2.46. The van der Waals surface area contributed by atoms with E-state index in [0.29, 0.717) is 5.69 Å². The van der Waals surface area contributed by atoms with Crippen LogP contribution < -0.4 is 19.9 Å². The van der Waals surface area contributed by atoms with Gasteiger partial charge in [0.15, 0.2) is 17.3 Å². The van der Waals surface area contributed by atoms with Gasteiger partial charge in [-0.15, -0.1) is 0 Å². The zero-order valence-electron chi connectivity index (χ0n) is 12.9. The van der Waals surface area contributed by atoms with Crippen LogP contribution in [0.1, 0.15) is 33.1 Å². The van der Waals surface area contributed by atoms with E-state index in [1.807, 2.05) is 4.90 Å². The summed E-state index contributed by atoms with van der Waals surface area (Å²) >= 11 is 0. The van der Waals surface area contributed by atoms with Crippen molar-refractivity contribution in [2.75, 3.05) is 18.0 Å². The summed E-state index contributed by atoms with van der Waals surface area (Å²) in [6.45, 7) is 5.18. The van der Waals surface area contributed by atoms with Crippen molar-refractivity contribution in [2.45, 2.75) is 44.0 Å². The van der Waals surface area contributed by atoms with Gasteiger partial charge in [-0.05, 0) is 33.1 Å². The van der Waals surface area contributed by atoms with Gasteiger partial charge < -0.3 is 10.2 Å². The zero-order chi connectivity index (χ0) is 16.2. The molecule has 7 nitrogen and oxygen atoms in total. The summed E-state index contributed by atoms with van der Waals surface area (Å²) in [6, 6.07) is 0.878. The zero-order valence-corrected chi connectivity index (χ0v) is 13.7. The number of aromatic nitrogens is 1. The van der Waals surface area contributed by atoms with Gasteiger partial charge in [0.05, 0.1) is 5.69 Å². The lowest BCUT2D eigenvalue weighted by molar-refractivity contribution is -0.380. The van der Waals surface area contributed by atoms with Gasteiger partial charge in [0, 0.05) is 25.2 Å². The number of rotatable bonds is 4. The quantitative estimate of drug-likeness (QED) is 0.859. The number of carbonyl (C=O) groups is 1. The van der Waals surface area contributed by atoms with E-state index < -0.39 is 16.1 Å². The van der Waals surface area contributed by atoms with Crippen LogP contribution in [0.25, 0.3) is 0 Å². The molecule has 1 saturated heterocycles. The highest BCUT2D eigenvalue weighted by Crippen LogP contribution is 2.25. The molecule has 1 aromatic rings. The van der Waals surface area contributed by atoms with Gasteiger partial charge in [0.2, 0.25) is 0 Å². The van der Waals surface area contributed by atoms with Gasteiger partial charge in [-0.2, -0.15) is 0 Å². The summed E-state index contributed by atoms with van der Waals surface area (Å²) in [5.41, 5.74) is 0.628. The van der Waals surface area contributed by atoms with Crippen LogP contribution in [0.15, 0.2) is 23.4 Å². The maximum atomic E-state index is 12.5. The fourth-order valence-electron chi connectivity index (χ4n) is 2.49. The van der Waals surface area contributed by atoms with E-state index in [9.17, 15) is 13.2 Å². The first kappa shape index (κ1) is 16.5. The van der Waals surface area contributed by atoms with E-state index in [0.717, 1.165) is 32.4 Å². The van der Waals surface area contributed by atoms with E-state index in [4.69, 9.17) is 0 Å². The second-order valence-corrected chi connectivity index (χ2v) is 7.33. The lowest BCUT2D eigenvalue weighted by Gasteiger charge is -2.29. The summed E-state index contributed by atoms with van der Waals surface area (Å²) in [4.78, 5) is 16.6. The molecule has 2 heterocycles. The summed E-state index contributed by atoms with van der Waals surface area (Å²) in [5, 5.41) is 2.51. The van der Waals surface area contributed by atoms with Crippen molar-refractivity contribution >= 4 is 21.7 Å². The Hall–Kier alpha value is -1.83. The number of sulfonamides is 1. The molecule has 2 rings (SSSR count). The minimum Gasteiger partial charge on any atom is -0.370 e.